The molecule has 1 N–H and O–H groups in total. The average Bonchev–Trinajstić information content (AvgIpc) is 3.15. The summed E-state index contributed by atoms with van der Waals surface area (Å²) in [6.45, 7) is 7.42. The summed E-state index contributed by atoms with van der Waals surface area (Å²) in [5.41, 5.74) is -4.49. The van der Waals surface area contributed by atoms with Crippen LogP contribution in [0.5, 0.6) is 0 Å². The highest BCUT2D eigenvalue weighted by Gasteiger charge is 2.57. The topological polar surface area (TPSA) is 195 Å². The van der Waals surface area contributed by atoms with Crippen LogP contribution in [0.4, 0.5) is 0 Å². The summed E-state index contributed by atoms with van der Waals surface area (Å²) in [6, 6.07) is -1.75. The predicted octanol–water partition coefficient (Wildman–Crippen LogP) is 4.98. The van der Waals surface area contributed by atoms with E-state index in [2.05, 4.69) is 25.0 Å². The fraction of sp³-hybridized carbons (Fsp3) is 0.821. The van der Waals surface area contributed by atoms with Crippen LogP contribution in [0.3, 0.4) is 0 Å². The molecule has 4 aliphatic carbocycles. The highest BCUT2D eigenvalue weighted by Crippen LogP contribution is 2.54. The molecule has 14 heteroatoms. The Bertz CT molecular complexity index is 1720. The molecule has 14 nitrogen and oxygen atoms in total. The minimum absolute atomic E-state index is 0.00604. The Hall–Kier alpha value is -4.07. The first-order chi connectivity index (χ1) is 25.5. The number of isocyanates is 4. The quantitative estimate of drug-likeness (QED) is 0.231. The van der Waals surface area contributed by atoms with Crippen molar-refractivity contribution in [2.45, 2.75) is 166 Å². The molecule has 12 atom stereocenters. The number of nitrogens with one attached hydrogen (secondary N) is 1. The van der Waals surface area contributed by atoms with Crippen molar-refractivity contribution < 1.29 is 19.2 Å². The highest BCUT2D eigenvalue weighted by molar-refractivity contribution is 5.35. The third kappa shape index (κ3) is 7.52. The molecule has 0 radical (unpaired) electrons. The molecule has 0 amide bonds. The lowest BCUT2D eigenvalue weighted by atomic mass is 9.58. The Morgan fingerprint density at radius 1 is 0.547 bits per heavy atom. The third-order valence-electron chi connectivity index (χ3n) is 14.2. The fourth-order valence-corrected chi connectivity index (χ4v) is 11.8. The summed E-state index contributed by atoms with van der Waals surface area (Å²) in [6.07, 6.45) is 17.9. The highest BCUT2D eigenvalue weighted by atomic mass is 16.2. The predicted molar refractivity (Wildman–Crippen MR) is 197 cm³/mol. The van der Waals surface area contributed by atoms with Gasteiger partial charge >= 0.3 is 17.1 Å². The molecule has 4 saturated carbocycles. The Morgan fingerprint density at radius 3 is 1.30 bits per heavy atom. The molecule has 4 aliphatic rings. The van der Waals surface area contributed by atoms with E-state index in [9.17, 15) is 28.8 Å². The zero-order valence-corrected chi connectivity index (χ0v) is 31.6. The molecule has 0 aromatic carbocycles. The maximum Gasteiger partial charge on any atom is 0.337 e. The monoisotopic (exact) mass is 733 g/mol. The molecular formula is C39H55N7O7. The maximum atomic E-state index is 15.7. The van der Waals surface area contributed by atoms with Gasteiger partial charge in [0.05, 0.1) is 35.2 Å². The first-order valence-electron chi connectivity index (χ1n) is 19.8. The molecule has 53 heavy (non-hydrogen) atoms. The van der Waals surface area contributed by atoms with E-state index in [-0.39, 0.29) is 35.8 Å². The van der Waals surface area contributed by atoms with Crippen molar-refractivity contribution in [2.24, 2.45) is 55.5 Å². The number of hydrogen-bond acceptors (Lipinski definition) is 11. The first kappa shape index (κ1) is 40.1. The van der Waals surface area contributed by atoms with Gasteiger partial charge in [-0.3, -0.25) is 4.98 Å². The third-order valence-corrected chi connectivity index (χ3v) is 14.2. The minimum atomic E-state index is -1.11. The number of hydrogen-bond donors (Lipinski definition) is 1. The largest absolute Gasteiger partial charge is 0.337 e. The Morgan fingerprint density at radius 2 is 0.925 bits per heavy atom. The summed E-state index contributed by atoms with van der Waals surface area (Å²) < 4.78 is 2.66. The smallest absolute Gasteiger partial charge is 0.259 e. The number of aromatic nitrogens is 3. The van der Waals surface area contributed by atoms with E-state index in [1.54, 1.807) is 24.3 Å². The van der Waals surface area contributed by atoms with Gasteiger partial charge in [0, 0.05) is 11.8 Å². The fourth-order valence-electron chi connectivity index (χ4n) is 11.8. The minimum Gasteiger partial charge on any atom is -0.259 e. The molecule has 1 aromatic rings. The molecule has 1 aromatic heterocycles. The van der Waals surface area contributed by atoms with Gasteiger partial charge in [0.1, 0.15) is 0 Å². The zero-order chi connectivity index (χ0) is 38.3. The van der Waals surface area contributed by atoms with E-state index in [1.165, 1.54) is 9.13 Å². The van der Waals surface area contributed by atoms with E-state index in [4.69, 9.17) is 0 Å². The van der Waals surface area contributed by atoms with E-state index in [0.717, 1.165) is 51.4 Å². The summed E-state index contributed by atoms with van der Waals surface area (Å²) in [4.78, 5) is 110. The van der Waals surface area contributed by atoms with Gasteiger partial charge in [0.25, 0.3) is 0 Å². The van der Waals surface area contributed by atoms with Crippen LogP contribution in [-0.4, -0.2) is 62.6 Å². The van der Waals surface area contributed by atoms with Crippen molar-refractivity contribution in [1.82, 2.24) is 14.1 Å². The van der Waals surface area contributed by atoms with Crippen molar-refractivity contribution in [1.29, 1.82) is 0 Å². The summed E-state index contributed by atoms with van der Waals surface area (Å²) >= 11 is 0. The molecule has 288 valence electrons. The average molecular weight is 734 g/mol. The van der Waals surface area contributed by atoms with Gasteiger partial charge in [-0.2, -0.15) is 0 Å². The van der Waals surface area contributed by atoms with Crippen LogP contribution in [0.1, 0.15) is 130 Å². The summed E-state index contributed by atoms with van der Waals surface area (Å²) in [5, 5.41) is 0. The Kier molecular flexibility index (Phi) is 13.2. The summed E-state index contributed by atoms with van der Waals surface area (Å²) in [5.74, 6) is -1.22. The molecule has 0 saturated heterocycles. The van der Waals surface area contributed by atoms with Crippen LogP contribution in [0.2, 0.25) is 0 Å². The van der Waals surface area contributed by atoms with Crippen molar-refractivity contribution in [3.63, 3.8) is 0 Å². The number of rotatable bonds is 12. The molecule has 0 bridgehead atoms. The van der Waals surface area contributed by atoms with E-state index >= 15 is 4.79 Å². The van der Waals surface area contributed by atoms with Gasteiger partial charge in [-0.1, -0.05) is 38.5 Å². The number of aliphatic imine (C=N–C) groups is 4. The van der Waals surface area contributed by atoms with Crippen molar-refractivity contribution in [3.05, 3.63) is 31.5 Å². The van der Waals surface area contributed by atoms with E-state index < -0.39 is 52.1 Å². The molecule has 1 heterocycles. The van der Waals surface area contributed by atoms with Crippen LogP contribution in [0.25, 0.3) is 0 Å². The summed E-state index contributed by atoms with van der Waals surface area (Å²) in [7, 11) is 0. The van der Waals surface area contributed by atoms with Gasteiger partial charge in [-0.25, -0.2) is 62.7 Å². The number of aromatic amines is 1. The second-order valence-corrected chi connectivity index (χ2v) is 16.5. The zero-order valence-electron chi connectivity index (χ0n) is 31.6. The number of carbonyl (C=O) groups excluding carboxylic acids is 4. The van der Waals surface area contributed by atoms with Gasteiger partial charge in [0.2, 0.25) is 24.3 Å². The second kappa shape index (κ2) is 17.4. The van der Waals surface area contributed by atoms with Crippen LogP contribution in [0.15, 0.2) is 34.4 Å². The number of H-pyrrole nitrogens is 1. The lowest BCUT2D eigenvalue weighted by molar-refractivity contribution is -0.0341. The first-order valence-corrected chi connectivity index (χ1v) is 19.8. The molecular weight excluding hydrogens is 678 g/mol. The van der Waals surface area contributed by atoms with Crippen molar-refractivity contribution in [2.75, 3.05) is 0 Å². The Balaban J connectivity index is 1.83. The molecule has 0 aliphatic heterocycles. The van der Waals surface area contributed by atoms with Crippen LogP contribution < -0.4 is 17.1 Å². The Labute approximate surface area is 309 Å². The SMILES string of the molecule is CC(N=C=O)C1CCCC(C2(n3c(=O)[nH]c(=O)n(C4(C5CCCC(C(C)N=C=O)C5)CCCCC4C(C)N=C=O)c3=O)CCCCC2C(C)N=C=O)C1. The van der Waals surface area contributed by atoms with Crippen LogP contribution in [-0.2, 0) is 30.3 Å². The van der Waals surface area contributed by atoms with Gasteiger partial charge in [-0.15, -0.1) is 0 Å². The van der Waals surface area contributed by atoms with Gasteiger partial charge in [0.15, 0.2) is 0 Å². The van der Waals surface area contributed by atoms with Crippen LogP contribution in [0, 0.1) is 35.5 Å². The normalized spacial score (nSPS) is 34.0. The number of nitrogens with zero attached hydrogens (tertiary/aromatic N) is 6. The molecule has 5 rings (SSSR count). The van der Waals surface area contributed by atoms with E-state index in [1.807, 2.05) is 27.7 Å². The van der Waals surface area contributed by atoms with Gasteiger partial charge < -0.3 is 0 Å². The maximum absolute atomic E-state index is 15.7. The molecule has 4 fully saturated rings. The van der Waals surface area contributed by atoms with E-state index in [0.29, 0.717) is 51.4 Å². The molecule has 0 spiro atoms. The lowest BCUT2D eigenvalue weighted by Gasteiger charge is -2.55. The van der Waals surface area contributed by atoms with Gasteiger partial charge in [-0.05, 0) is 116 Å². The molecule has 12 unspecified atom stereocenters. The van der Waals surface area contributed by atoms with Crippen molar-refractivity contribution >= 4 is 24.3 Å². The standard InChI is InChI=1S/C39H55N7O7/c1-25(40-21-47)29-11-9-13-31(19-29)38(17-7-5-15-33(38)27(3)42-23-49)45-35(51)44-36(52)46(37(45)53)39(18-8-6-16-34(39)28(4)43-24-50)32-14-10-12-30(20-32)26(2)41-22-48/h25-34H,5-20H2,1-4H3,(H,44,51,52). The second-order valence-electron chi connectivity index (χ2n) is 16.5. The van der Waals surface area contributed by atoms with Crippen molar-refractivity contribution in [3.8, 4) is 0 Å². The van der Waals surface area contributed by atoms with Crippen LogP contribution >= 0.6 is 0 Å². The lowest BCUT2D eigenvalue weighted by Crippen LogP contribution is -2.69.